The number of benzene rings is 2. The first-order valence-electron chi connectivity index (χ1n) is 8.37. The average molecular weight is 365 g/mol. The molecular weight excluding hydrogens is 346 g/mol. The van der Waals surface area contributed by atoms with Crippen molar-refractivity contribution in [1.82, 2.24) is 0 Å². The largest absolute Gasteiger partial charge is 0.495 e. The molecule has 0 unspecified atom stereocenters. The van der Waals surface area contributed by atoms with E-state index in [0.717, 1.165) is 16.4 Å². The van der Waals surface area contributed by atoms with Gasteiger partial charge in [0.25, 0.3) is 5.91 Å². The number of amides is 1. The Morgan fingerprint density at radius 3 is 2.70 bits per heavy atom. The third-order valence-corrected chi connectivity index (χ3v) is 3.85. The summed E-state index contributed by atoms with van der Waals surface area (Å²) in [6.45, 7) is 1.43. The van der Waals surface area contributed by atoms with Crippen LogP contribution in [-0.4, -0.2) is 25.6 Å². The standard InChI is InChI=1S/C21H19NO5/c1-3-4-5-10-21(24)26-13-20(23)22-16-12-18-15(11-19(16)25-2)14-8-6-7-9-17(14)27-18/h3-12H,13H2,1-2H3,(H,22,23). The van der Waals surface area contributed by atoms with Gasteiger partial charge in [0.2, 0.25) is 0 Å². The molecule has 6 heteroatoms. The van der Waals surface area contributed by atoms with Crippen molar-refractivity contribution in [2.24, 2.45) is 0 Å². The Labute approximate surface area is 156 Å². The molecule has 2 aromatic carbocycles. The van der Waals surface area contributed by atoms with Crippen LogP contribution in [0.1, 0.15) is 6.92 Å². The van der Waals surface area contributed by atoms with Crippen LogP contribution in [0.3, 0.4) is 0 Å². The molecule has 1 heterocycles. The van der Waals surface area contributed by atoms with Crippen LogP contribution in [0.15, 0.2) is 65.1 Å². The van der Waals surface area contributed by atoms with E-state index < -0.39 is 18.5 Å². The van der Waals surface area contributed by atoms with Crippen molar-refractivity contribution >= 4 is 39.5 Å². The SMILES string of the molecule is CC=CC=CC(=O)OCC(=O)Nc1cc2oc3ccccc3c2cc1OC. The minimum absolute atomic E-state index is 0.402. The highest BCUT2D eigenvalue weighted by atomic mass is 16.5. The van der Waals surface area contributed by atoms with Crippen molar-refractivity contribution in [2.75, 3.05) is 19.0 Å². The zero-order valence-electron chi connectivity index (χ0n) is 15.0. The molecular formula is C21H19NO5. The Morgan fingerprint density at radius 1 is 1.11 bits per heavy atom. The van der Waals surface area contributed by atoms with Crippen LogP contribution >= 0.6 is 0 Å². The molecule has 1 N–H and O–H groups in total. The Balaban J connectivity index is 1.76. The Kier molecular flexibility index (Phi) is 5.56. The van der Waals surface area contributed by atoms with Gasteiger partial charge < -0.3 is 19.2 Å². The van der Waals surface area contributed by atoms with Gasteiger partial charge in [-0.2, -0.15) is 0 Å². The van der Waals surface area contributed by atoms with Crippen molar-refractivity contribution in [1.29, 1.82) is 0 Å². The number of fused-ring (bicyclic) bond motifs is 3. The van der Waals surface area contributed by atoms with Gasteiger partial charge in [-0.05, 0) is 19.1 Å². The van der Waals surface area contributed by atoms with Gasteiger partial charge in [-0.15, -0.1) is 0 Å². The van der Waals surface area contributed by atoms with Gasteiger partial charge in [0.15, 0.2) is 6.61 Å². The van der Waals surface area contributed by atoms with E-state index in [2.05, 4.69) is 5.32 Å². The number of carbonyl (C=O) groups is 2. The maximum absolute atomic E-state index is 12.1. The van der Waals surface area contributed by atoms with E-state index in [1.54, 1.807) is 24.3 Å². The van der Waals surface area contributed by atoms with Crippen LogP contribution < -0.4 is 10.1 Å². The number of nitrogens with one attached hydrogen (secondary N) is 1. The van der Waals surface area contributed by atoms with Crippen molar-refractivity contribution in [3.05, 3.63) is 60.7 Å². The summed E-state index contributed by atoms with van der Waals surface area (Å²) in [5, 5.41) is 4.53. The molecule has 0 saturated heterocycles. The normalized spacial score (nSPS) is 11.5. The summed E-state index contributed by atoms with van der Waals surface area (Å²) in [4.78, 5) is 23.6. The summed E-state index contributed by atoms with van der Waals surface area (Å²) in [5.41, 5.74) is 1.81. The molecule has 6 nitrogen and oxygen atoms in total. The summed E-state index contributed by atoms with van der Waals surface area (Å²) >= 11 is 0. The Hall–Kier alpha value is -3.54. The number of allylic oxidation sites excluding steroid dienone is 3. The van der Waals surface area contributed by atoms with Gasteiger partial charge in [0.05, 0.1) is 12.8 Å². The molecule has 0 radical (unpaired) electrons. The van der Waals surface area contributed by atoms with Crippen LogP contribution in [0.5, 0.6) is 5.75 Å². The number of carbonyl (C=O) groups excluding carboxylic acids is 2. The second-order valence-corrected chi connectivity index (χ2v) is 5.69. The fraction of sp³-hybridized carbons (Fsp3) is 0.143. The first-order valence-corrected chi connectivity index (χ1v) is 8.37. The average Bonchev–Trinajstić information content (AvgIpc) is 3.03. The molecule has 3 rings (SSSR count). The first-order chi connectivity index (χ1) is 13.1. The minimum atomic E-state index is -0.594. The van der Waals surface area contributed by atoms with Gasteiger partial charge >= 0.3 is 5.97 Å². The molecule has 0 atom stereocenters. The predicted octanol–water partition coefficient (Wildman–Crippen LogP) is 4.21. The lowest BCUT2D eigenvalue weighted by Gasteiger charge is -2.10. The minimum Gasteiger partial charge on any atom is -0.495 e. The maximum Gasteiger partial charge on any atom is 0.331 e. The number of methoxy groups -OCH3 is 1. The molecule has 1 aromatic heterocycles. The zero-order chi connectivity index (χ0) is 19.2. The zero-order valence-corrected chi connectivity index (χ0v) is 15.0. The van der Waals surface area contributed by atoms with Crippen LogP contribution in [0.2, 0.25) is 0 Å². The second kappa shape index (κ2) is 8.23. The fourth-order valence-electron chi connectivity index (χ4n) is 2.63. The van der Waals surface area contributed by atoms with E-state index in [1.807, 2.05) is 37.3 Å². The Morgan fingerprint density at radius 2 is 1.93 bits per heavy atom. The first kappa shape index (κ1) is 18.3. The van der Waals surface area contributed by atoms with Crippen molar-refractivity contribution in [3.8, 4) is 5.75 Å². The smallest absolute Gasteiger partial charge is 0.331 e. The molecule has 0 aliphatic rings. The number of hydrogen-bond acceptors (Lipinski definition) is 5. The molecule has 0 bridgehead atoms. The number of anilines is 1. The van der Waals surface area contributed by atoms with Crippen molar-refractivity contribution < 1.29 is 23.5 Å². The maximum atomic E-state index is 12.1. The van der Waals surface area contributed by atoms with E-state index in [1.165, 1.54) is 13.2 Å². The van der Waals surface area contributed by atoms with Crippen molar-refractivity contribution in [2.45, 2.75) is 6.92 Å². The fourth-order valence-corrected chi connectivity index (χ4v) is 2.63. The highest BCUT2D eigenvalue weighted by molar-refractivity contribution is 6.07. The van der Waals surface area contributed by atoms with Gasteiger partial charge in [-0.3, -0.25) is 4.79 Å². The molecule has 138 valence electrons. The van der Waals surface area contributed by atoms with E-state index in [0.29, 0.717) is 17.0 Å². The second-order valence-electron chi connectivity index (χ2n) is 5.69. The van der Waals surface area contributed by atoms with E-state index >= 15 is 0 Å². The van der Waals surface area contributed by atoms with Gasteiger partial charge in [0.1, 0.15) is 16.9 Å². The summed E-state index contributed by atoms with van der Waals surface area (Å²) in [6.07, 6.45) is 6.25. The van der Waals surface area contributed by atoms with E-state index in [9.17, 15) is 9.59 Å². The summed E-state index contributed by atoms with van der Waals surface area (Å²) in [5.74, 6) is -0.582. The molecule has 0 aliphatic heterocycles. The van der Waals surface area contributed by atoms with Crippen LogP contribution in [-0.2, 0) is 14.3 Å². The third kappa shape index (κ3) is 4.17. The molecule has 1 amide bonds. The Bertz CT molecular complexity index is 1050. The molecule has 3 aromatic rings. The summed E-state index contributed by atoms with van der Waals surface area (Å²) in [7, 11) is 1.52. The predicted molar refractivity (Wildman–Crippen MR) is 104 cm³/mol. The highest BCUT2D eigenvalue weighted by Gasteiger charge is 2.14. The van der Waals surface area contributed by atoms with E-state index in [4.69, 9.17) is 13.9 Å². The number of furan rings is 1. The lowest BCUT2D eigenvalue weighted by molar-refractivity contribution is -0.142. The number of para-hydroxylation sites is 1. The van der Waals surface area contributed by atoms with Gasteiger partial charge in [-0.1, -0.05) is 36.4 Å². The molecule has 27 heavy (non-hydrogen) atoms. The van der Waals surface area contributed by atoms with Gasteiger partial charge in [0, 0.05) is 22.9 Å². The lowest BCUT2D eigenvalue weighted by Crippen LogP contribution is -2.20. The highest BCUT2D eigenvalue weighted by Crippen LogP contribution is 2.36. The topological polar surface area (TPSA) is 77.8 Å². The molecule has 0 fully saturated rings. The summed E-state index contributed by atoms with van der Waals surface area (Å²) < 4.78 is 16.1. The van der Waals surface area contributed by atoms with Gasteiger partial charge in [-0.25, -0.2) is 4.79 Å². The summed E-state index contributed by atoms with van der Waals surface area (Å²) in [6, 6.07) is 11.2. The lowest BCUT2D eigenvalue weighted by atomic mass is 10.1. The quantitative estimate of drug-likeness (QED) is 0.402. The number of esters is 1. The molecule has 0 saturated carbocycles. The monoisotopic (exact) mass is 365 g/mol. The van der Waals surface area contributed by atoms with Crippen LogP contribution in [0.4, 0.5) is 5.69 Å². The third-order valence-electron chi connectivity index (χ3n) is 3.85. The molecule has 0 aliphatic carbocycles. The van der Waals surface area contributed by atoms with E-state index in [-0.39, 0.29) is 0 Å². The number of rotatable bonds is 6. The van der Waals surface area contributed by atoms with Crippen LogP contribution in [0, 0.1) is 0 Å². The number of ether oxygens (including phenoxy) is 2. The molecule has 0 spiro atoms. The number of hydrogen-bond donors (Lipinski definition) is 1. The van der Waals surface area contributed by atoms with Crippen molar-refractivity contribution in [3.63, 3.8) is 0 Å². The van der Waals surface area contributed by atoms with Crippen LogP contribution in [0.25, 0.3) is 21.9 Å².